The van der Waals surface area contributed by atoms with Crippen LogP contribution in [-0.2, 0) is 9.59 Å². The second-order valence-corrected chi connectivity index (χ2v) is 6.37. The molecule has 0 aliphatic heterocycles. The third-order valence-corrected chi connectivity index (χ3v) is 4.32. The Hall–Kier alpha value is -3.26. The Bertz CT molecular complexity index is 834. The van der Waals surface area contributed by atoms with Gasteiger partial charge < -0.3 is 20.1 Å². The molecule has 0 aliphatic carbocycles. The van der Waals surface area contributed by atoms with Crippen LogP contribution in [0.4, 0.5) is 0 Å². The van der Waals surface area contributed by atoms with E-state index in [0.29, 0.717) is 18.1 Å². The molecule has 0 saturated heterocycles. The molecule has 1 unspecified atom stereocenters. The van der Waals surface area contributed by atoms with Gasteiger partial charge in [0.15, 0.2) is 11.8 Å². The fraction of sp³-hybridized carbons (Fsp3) is 0.333. The van der Waals surface area contributed by atoms with Crippen LogP contribution in [0.25, 0.3) is 11.1 Å². The summed E-state index contributed by atoms with van der Waals surface area (Å²) in [4.78, 5) is 41.8. The van der Waals surface area contributed by atoms with Crippen LogP contribution >= 0.6 is 0 Å². The second kappa shape index (κ2) is 10.3. The number of pyridine rings is 1. The molecule has 1 atom stereocenters. The molecule has 0 saturated carbocycles. The van der Waals surface area contributed by atoms with E-state index in [2.05, 4.69) is 10.3 Å². The molecule has 2 N–H and O–H groups in total. The van der Waals surface area contributed by atoms with Gasteiger partial charge in [-0.25, -0.2) is 4.98 Å². The summed E-state index contributed by atoms with van der Waals surface area (Å²) < 4.78 is 5.46. The molecule has 154 valence electrons. The highest BCUT2D eigenvalue weighted by atomic mass is 16.5. The first-order valence-corrected chi connectivity index (χ1v) is 9.24. The number of rotatable bonds is 9. The van der Waals surface area contributed by atoms with Crippen molar-refractivity contribution in [1.82, 2.24) is 15.2 Å². The fourth-order valence-corrected chi connectivity index (χ4v) is 2.73. The van der Waals surface area contributed by atoms with E-state index >= 15 is 0 Å². The number of nitrogens with zero attached hydrogens (tertiary/aromatic N) is 2. The van der Waals surface area contributed by atoms with Gasteiger partial charge >= 0.3 is 0 Å². The Morgan fingerprint density at radius 3 is 2.31 bits per heavy atom. The largest absolute Gasteiger partial charge is 0.478 e. The van der Waals surface area contributed by atoms with Gasteiger partial charge in [-0.3, -0.25) is 14.4 Å². The Morgan fingerprint density at radius 1 is 1.14 bits per heavy atom. The smallest absolute Gasteiger partial charge is 0.254 e. The molecule has 0 fully saturated rings. The van der Waals surface area contributed by atoms with Crippen molar-refractivity contribution in [1.29, 1.82) is 0 Å². The van der Waals surface area contributed by atoms with E-state index in [-0.39, 0.29) is 0 Å². The highest BCUT2D eigenvalue weighted by molar-refractivity contribution is 6.10. The van der Waals surface area contributed by atoms with Crippen molar-refractivity contribution in [2.75, 3.05) is 27.3 Å². The standard InChI is InChI=1S/C21H25N3O5/c1-4-11-29-18-10-9-16(12-23-18)14-5-7-15(8-6-14)21(28)24(3)19(17(26)13-25)20(27)22-2/h5-10,12,19,25H,4,11,13H2,1-3H3,(H,22,27). The Kier molecular flexibility index (Phi) is 7.85. The zero-order valence-corrected chi connectivity index (χ0v) is 16.7. The number of Topliss-reactive ketones (excluding diaryl/α,β-unsaturated/α-hetero) is 1. The number of nitrogens with one attached hydrogen (secondary N) is 1. The molecule has 0 bridgehead atoms. The first-order chi connectivity index (χ1) is 13.9. The molecular formula is C21H25N3O5. The number of aliphatic hydroxyl groups is 1. The topological polar surface area (TPSA) is 109 Å². The highest BCUT2D eigenvalue weighted by Crippen LogP contribution is 2.21. The number of benzene rings is 1. The molecule has 2 aromatic rings. The number of ether oxygens (including phenoxy) is 1. The number of hydrogen-bond acceptors (Lipinski definition) is 6. The Labute approximate surface area is 169 Å². The third-order valence-electron chi connectivity index (χ3n) is 4.32. The predicted octanol–water partition coefficient (Wildman–Crippen LogP) is 1.29. The molecule has 0 radical (unpaired) electrons. The number of amides is 2. The summed E-state index contributed by atoms with van der Waals surface area (Å²) in [6.45, 7) is 1.79. The second-order valence-electron chi connectivity index (χ2n) is 6.37. The minimum absolute atomic E-state index is 0.312. The van der Waals surface area contributed by atoms with Gasteiger partial charge in [0, 0.05) is 37.5 Å². The average Bonchev–Trinajstić information content (AvgIpc) is 2.77. The summed E-state index contributed by atoms with van der Waals surface area (Å²) >= 11 is 0. The summed E-state index contributed by atoms with van der Waals surface area (Å²) in [6, 6.07) is 9.01. The summed E-state index contributed by atoms with van der Waals surface area (Å²) in [6.07, 6.45) is 2.59. The van der Waals surface area contributed by atoms with E-state index in [0.717, 1.165) is 22.4 Å². The maximum atomic E-state index is 12.7. The zero-order valence-electron chi connectivity index (χ0n) is 16.7. The van der Waals surface area contributed by atoms with Crippen LogP contribution in [-0.4, -0.2) is 65.9 Å². The molecule has 2 rings (SSSR count). The van der Waals surface area contributed by atoms with Gasteiger partial charge in [0.1, 0.15) is 6.61 Å². The first-order valence-electron chi connectivity index (χ1n) is 9.24. The van der Waals surface area contributed by atoms with Gasteiger partial charge in [0.25, 0.3) is 5.91 Å². The van der Waals surface area contributed by atoms with Crippen LogP contribution < -0.4 is 10.1 Å². The van der Waals surface area contributed by atoms with Crippen molar-refractivity contribution >= 4 is 17.6 Å². The van der Waals surface area contributed by atoms with E-state index in [1.54, 1.807) is 36.5 Å². The third kappa shape index (κ3) is 5.39. The molecule has 2 amide bonds. The average molecular weight is 399 g/mol. The molecule has 1 heterocycles. The van der Waals surface area contributed by atoms with Crippen LogP contribution in [0.5, 0.6) is 5.88 Å². The predicted molar refractivity (Wildman–Crippen MR) is 108 cm³/mol. The SMILES string of the molecule is CCCOc1ccc(-c2ccc(C(=O)N(C)C(C(=O)CO)C(=O)NC)cc2)cn1. The quantitative estimate of drug-likeness (QED) is 0.615. The zero-order chi connectivity index (χ0) is 21.4. The molecule has 8 heteroatoms. The molecule has 1 aromatic heterocycles. The molecule has 29 heavy (non-hydrogen) atoms. The van der Waals surface area contributed by atoms with Gasteiger partial charge in [-0.15, -0.1) is 0 Å². The van der Waals surface area contributed by atoms with E-state index < -0.39 is 30.2 Å². The minimum Gasteiger partial charge on any atom is -0.478 e. The summed E-state index contributed by atoms with van der Waals surface area (Å²) in [5.74, 6) is -1.37. The summed E-state index contributed by atoms with van der Waals surface area (Å²) in [7, 11) is 2.71. The normalized spacial score (nSPS) is 11.4. The summed E-state index contributed by atoms with van der Waals surface area (Å²) in [5.41, 5.74) is 2.03. The van der Waals surface area contributed by atoms with Crippen molar-refractivity contribution in [3.63, 3.8) is 0 Å². The van der Waals surface area contributed by atoms with E-state index in [1.807, 2.05) is 13.0 Å². The molecular weight excluding hydrogens is 374 g/mol. The van der Waals surface area contributed by atoms with Crippen LogP contribution in [0.3, 0.4) is 0 Å². The van der Waals surface area contributed by atoms with Crippen molar-refractivity contribution in [2.45, 2.75) is 19.4 Å². The lowest BCUT2D eigenvalue weighted by Crippen LogP contribution is -2.52. The molecule has 0 spiro atoms. The lowest BCUT2D eigenvalue weighted by molar-refractivity contribution is -0.135. The van der Waals surface area contributed by atoms with Crippen molar-refractivity contribution in [3.05, 3.63) is 48.2 Å². The Balaban J connectivity index is 2.17. The minimum atomic E-state index is -1.39. The van der Waals surface area contributed by atoms with Crippen LogP contribution in [0.1, 0.15) is 23.7 Å². The molecule has 1 aromatic carbocycles. The lowest BCUT2D eigenvalue weighted by atomic mass is 10.0. The number of aromatic nitrogens is 1. The van der Waals surface area contributed by atoms with Crippen LogP contribution in [0.2, 0.25) is 0 Å². The number of ketones is 1. The van der Waals surface area contributed by atoms with Crippen molar-refractivity contribution < 1.29 is 24.2 Å². The van der Waals surface area contributed by atoms with E-state index in [1.165, 1.54) is 14.1 Å². The maximum Gasteiger partial charge on any atom is 0.254 e. The number of hydrogen-bond donors (Lipinski definition) is 2. The number of carbonyl (C=O) groups excluding carboxylic acids is 3. The van der Waals surface area contributed by atoms with Gasteiger partial charge in [-0.1, -0.05) is 19.1 Å². The highest BCUT2D eigenvalue weighted by Gasteiger charge is 2.32. The van der Waals surface area contributed by atoms with Gasteiger partial charge in [0.2, 0.25) is 11.8 Å². The van der Waals surface area contributed by atoms with Gasteiger partial charge in [-0.05, 0) is 30.2 Å². The Morgan fingerprint density at radius 2 is 1.79 bits per heavy atom. The molecule has 8 nitrogen and oxygen atoms in total. The lowest BCUT2D eigenvalue weighted by Gasteiger charge is -2.25. The number of aliphatic hydroxyl groups excluding tert-OH is 1. The number of likely N-dealkylation sites (N-methyl/N-ethyl adjacent to an activating group) is 2. The van der Waals surface area contributed by atoms with Crippen molar-refractivity contribution in [3.8, 4) is 17.0 Å². The fourth-order valence-electron chi connectivity index (χ4n) is 2.73. The monoisotopic (exact) mass is 399 g/mol. The molecule has 0 aliphatic rings. The van der Waals surface area contributed by atoms with Crippen molar-refractivity contribution in [2.24, 2.45) is 0 Å². The van der Waals surface area contributed by atoms with Crippen LogP contribution in [0.15, 0.2) is 42.6 Å². The van der Waals surface area contributed by atoms with E-state index in [9.17, 15) is 14.4 Å². The van der Waals surface area contributed by atoms with Gasteiger partial charge in [-0.2, -0.15) is 0 Å². The van der Waals surface area contributed by atoms with Gasteiger partial charge in [0.05, 0.1) is 6.61 Å². The maximum absolute atomic E-state index is 12.7. The van der Waals surface area contributed by atoms with E-state index in [4.69, 9.17) is 9.84 Å². The summed E-state index contributed by atoms with van der Waals surface area (Å²) in [5, 5.41) is 11.4. The number of carbonyl (C=O) groups is 3. The first kappa shape index (κ1) is 22.0. The van der Waals surface area contributed by atoms with Crippen LogP contribution in [0, 0.1) is 0 Å².